The molecule has 0 radical (unpaired) electrons. The van der Waals surface area contributed by atoms with E-state index in [9.17, 15) is 13.2 Å². The Morgan fingerprint density at radius 3 is 2.05 bits per heavy atom. The molecule has 2 aromatic rings. The maximum Gasteiger partial charge on any atom is 0.131 e. The van der Waals surface area contributed by atoms with E-state index in [-0.39, 0.29) is 16.7 Å². The van der Waals surface area contributed by atoms with Gasteiger partial charge in [-0.05, 0) is 42.7 Å². The van der Waals surface area contributed by atoms with Gasteiger partial charge in [-0.25, -0.2) is 13.2 Å². The van der Waals surface area contributed by atoms with Gasteiger partial charge in [-0.2, -0.15) is 0 Å². The minimum atomic E-state index is -0.660. The molecular formula is C16H15F3. The molecule has 19 heavy (non-hydrogen) atoms. The maximum absolute atomic E-state index is 14.0. The molecule has 0 unspecified atom stereocenters. The van der Waals surface area contributed by atoms with Gasteiger partial charge < -0.3 is 0 Å². The van der Waals surface area contributed by atoms with Crippen LogP contribution in [0.25, 0.3) is 11.1 Å². The van der Waals surface area contributed by atoms with Crippen LogP contribution in [0.15, 0.2) is 30.3 Å². The first-order valence-corrected chi connectivity index (χ1v) is 6.27. The van der Waals surface area contributed by atoms with Crippen molar-refractivity contribution in [3.8, 4) is 11.1 Å². The molecule has 2 aromatic carbocycles. The van der Waals surface area contributed by atoms with Crippen molar-refractivity contribution in [1.29, 1.82) is 0 Å². The van der Waals surface area contributed by atoms with Crippen LogP contribution in [0.5, 0.6) is 0 Å². The van der Waals surface area contributed by atoms with E-state index in [4.69, 9.17) is 0 Å². The predicted molar refractivity (Wildman–Crippen MR) is 70.5 cm³/mol. The van der Waals surface area contributed by atoms with E-state index in [1.54, 1.807) is 12.1 Å². The van der Waals surface area contributed by atoms with Gasteiger partial charge in [0.25, 0.3) is 0 Å². The van der Waals surface area contributed by atoms with Crippen LogP contribution in [0.2, 0.25) is 0 Å². The average molecular weight is 264 g/mol. The summed E-state index contributed by atoms with van der Waals surface area (Å²) in [6, 6.07) is 7.11. The van der Waals surface area contributed by atoms with Crippen LogP contribution in [0.1, 0.15) is 24.5 Å². The molecule has 0 spiro atoms. The Morgan fingerprint density at radius 1 is 0.895 bits per heavy atom. The van der Waals surface area contributed by atoms with Crippen LogP contribution in [0.3, 0.4) is 0 Å². The third-order valence-corrected chi connectivity index (χ3v) is 3.16. The SMILES string of the molecule is CCCc1ccc(-c2cc(F)c(C)c(F)c2)c(F)c1. The van der Waals surface area contributed by atoms with Gasteiger partial charge in [-0.3, -0.25) is 0 Å². The summed E-state index contributed by atoms with van der Waals surface area (Å²) in [5.41, 5.74) is 1.28. The van der Waals surface area contributed by atoms with Crippen molar-refractivity contribution >= 4 is 0 Å². The van der Waals surface area contributed by atoms with E-state index >= 15 is 0 Å². The monoisotopic (exact) mass is 264 g/mol. The molecular weight excluding hydrogens is 249 g/mol. The lowest BCUT2D eigenvalue weighted by molar-refractivity contribution is 0.568. The highest BCUT2D eigenvalue weighted by molar-refractivity contribution is 5.65. The first kappa shape index (κ1) is 13.7. The topological polar surface area (TPSA) is 0 Å². The fraction of sp³-hybridized carbons (Fsp3) is 0.250. The second-order valence-electron chi connectivity index (χ2n) is 4.63. The number of hydrogen-bond acceptors (Lipinski definition) is 0. The van der Waals surface area contributed by atoms with Gasteiger partial charge in [-0.15, -0.1) is 0 Å². The van der Waals surface area contributed by atoms with E-state index in [0.717, 1.165) is 30.5 Å². The molecule has 0 aliphatic carbocycles. The molecule has 0 aliphatic rings. The van der Waals surface area contributed by atoms with Crippen molar-refractivity contribution in [3.63, 3.8) is 0 Å². The fourth-order valence-corrected chi connectivity index (χ4v) is 2.04. The highest BCUT2D eigenvalue weighted by Crippen LogP contribution is 2.27. The minimum absolute atomic E-state index is 0.0493. The van der Waals surface area contributed by atoms with Gasteiger partial charge in [0.05, 0.1) is 0 Å². The summed E-state index contributed by atoms with van der Waals surface area (Å²) in [6.45, 7) is 3.37. The quantitative estimate of drug-likeness (QED) is 0.729. The predicted octanol–water partition coefficient (Wildman–Crippen LogP) is 5.03. The zero-order valence-corrected chi connectivity index (χ0v) is 10.9. The van der Waals surface area contributed by atoms with Crippen molar-refractivity contribution in [2.75, 3.05) is 0 Å². The molecule has 0 fully saturated rings. The van der Waals surface area contributed by atoms with E-state index in [0.29, 0.717) is 0 Å². The van der Waals surface area contributed by atoms with Crippen LogP contribution < -0.4 is 0 Å². The summed E-state index contributed by atoms with van der Waals surface area (Å²) in [6.07, 6.45) is 1.71. The van der Waals surface area contributed by atoms with E-state index < -0.39 is 17.5 Å². The zero-order valence-electron chi connectivity index (χ0n) is 10.9. The van der Waals surface area contributed by atoms with Crippen LogP contribution in [0.4, 0.5) is 13.2 Å². The summed E-state index contributed by atoms with van der Waals surface area (Å²) in [7, 11) is 0. The largest absolute Gasteiger partial charge is 0.207 e. The molecule has 0 atom stereocenters. The van der Waals surface area contributed by atoms with Crippen molar-refractivity contribution in [2.24, 2.45) is 0 Å². The smallest absolute Gasteiger partial charge is 0.131 e. The number of benzene rings is 2. The summed E-state index contributed by atoms with van der Waals surface area (Å²) in [5, 5.41) is 0. The molecule has 0 saturated heterocycles. The first-order chi connectivity index (χ1) is 9.02. The highest BCUT2D eigenvalue weighted by atomic mass is 19.1. The van der Waals surface area contributed by atoms with Crippen molar-refractivity contribution in [1.82, 2.24) is 0 Å². The molecule has 3 heteroatoms. The average Bonchev–Trinajstić information content (AvgIpc) is 2.36. The molecule has 0 amide bonds. The third kappa shape index (κ3) is 2.80. The second kappa shape index (κ2) is 5.47. The number of rotatable bonds is 3. The highest BCUT2D eigenvalue weighted by Gasteiger charge is 2.11. The van der Waals surface area contributed by atoms with Gasteiger partial charge >= 0.3 is 0 Å². The molecule has 2 rings (SSSR count). The minimum Gasteiger partial charge on any atom is -0.207 e. The standard InChI is InChI=1S/C16H15F3/c1-3-4-11-5-6-13(16(19)7-11)12-8-14(17)10(2)15(18)9-12/h5-9H,3-4H2,1-2H3. The molecule has 100 valence electrons. The van der Waals surface area contributed by atoms with Crippen molar-refractivity contribution in [3.05, 3.63) is 58.9 Å². The second-order valence-corrected chi connectivity index (χ2v) is 4.63. The van der Waals surface area contributed by atoms with Crippen molar-refractivity contribution in [2.45, 2.75) is 26.7 Å². The summed E-state index contributed by atoms with van der Waals surface area (Å²) in [4.78, 5) is 0. The summed E-state index contributed by atoms with van der Waals surface area (Å²) >= 11 is 0. The van der Waals surface area contributed by atoms with E-state index in [1.165, 1.54) is 13.0 Å². The zero-order chi connectivity index (χ0) is 14.0. The van der Waals surface area contributed by atoms with E-state index in [2.05, 4.69) is 0 Å². The number of hydrogen-bond donors (Lipinski definition) is 0. The Balaban J connectivity index is 2.47. The molecule has 0 N–H and O–H groups in total. The Hall–Kier alpha value is -1.77. The lowest BCUT2D eigenvalue weighted by Crippen LogP contribution is -1.94. The summed E-state index contributed by atoms with van der Waals surface area (Å²) < 4.78 is 41.0. The normalized spacial score (nSPS) is 10.8. The lowest BCUT2D eigenvalue weighted by atomic mass is 10.00. The van der Waals surface area contributed by atoms with E-state index in [1.807, 2.05) is 6.92 Å². The molecule has 0 aliphatic heterocycles. The first-order valence-electron chi connectivity index (χ1n) is 6.27. The van der Waals surface area contributed by atoms with Gasteiger partial charge in [0, 0.05) is 11.1 Å². The molecule has 0 aromatic heterocycles. The number of halogens is 3. The van der Waals surface area contributed by atoms with Gasteiger partial charge in [0.2, 0.25) is 0 Å². The van der Waals surface area contributed by atoms with Gasteiger partial charge in [0.1, 0.15) is 17.5 Å². The Morgan fingerprint density at radius 2 is 1.53 bits per heavy atom. The van der Waals surface area contributed by atoms with Crippen LogP contribution in [-0.2, 0) is 6.42 Å². The van der Waals surface area contributed by atoms with Crippen LogP contribution in [0, 0.1) is 24.4 Å². The third-order valence-electron chi connectivity index (χ3n) is 3.16. The number of aryl methyl sites for hydroxylation is 1. The molecule has 0 bridgehead atoms. The van der Waals surface area contributed by atoms with Gasteiger partial charge in [0.15, 0.2) is 0 Å². The Bertz CT molecular complexity index is 580. The Labute approximate surface area is 110 Å². The van der Waals surface area contributed by atoms with Crippen LogP contribution in [-0.4, -0.2) is 0 Å². The molecule has 0 saturated carbocycles. The van der Waals surface area contributed by atoms with Crippen LogP contribution >= 0.6 is 0 Å². The lowest BCUT2D eigenvalue weighted by Gasteiger charge is -2.08. The Kier molecular flexibility index (Phi) is 3.93. The fourth-order valence-electron chi connectivity index (χ4n) is 2.04. The van der Waals surface area contributed by atoms with Crippen molar-refractivity contribution < 1.29 is 13.2 Å². The maximum atomic E-state index is 14.0. The summed E-state index contributed by atoms with van der Waals surface area (Å²) in [5.74, 6) is -1.77. The molecule has 0 heterocycles. The van der Waals surface area contributed by atoms with Gasteiger partial charge in [-0.1, -0.05) is 25.5 Å². The molecule has 0 nitrogen and oxygen atoms in total.